The molecular formula is C13H16N2O2S. The molecule has 5 heteroatoms. The molecule has 1 aliphatic carbocycles. The number of carbonyl (C=O) groups excluding carboxylic acids is 1. The van der Waals surface area contributed by atoms with Crippen molar-refractivity contribution in [3.63, 3.8) is 0 Å². The van der Waals surface area contributed by atoms with Crippen molar-refractivity contribution in [3.8, 4) is 11.8 Å². The number of carbonyl (C=O) groups is 1. The average molecular weight is 264 g/mol. The maximum Gasteiger partial charge on any atom is 0.266 e. The van der Waals surface area contributed by atoms with E-state index < -0.39 is 5.54 Å². The number of thiophene rings is 1. The molecule has 4 nitrogen and oxygen atoms in total. The second-order valence-corrected chi connectivity index (χ2v) is 5.44. The lowest BCUT2D eigenvalue weighted by Crippen LogP contribution is -2.48. The molecule has 1 aromatic heterocycles. The third-order valence-electron chi connectivity index (χ3n) is 3.33. The van der Waals surface area contributed by atoms with Crippen LogP contribution < -0.4 is 10.1 Å². The molecule has 1 aliphatic rings. The summed E-state index contributed by atoms with van der Waals surface area (Å²) >= 11 is 1.33. The fourth-order valence-electron chi connectivity index (χ4n) is 2.32. The molecule has 1 amide bonds. The summed E-state index contributed by atoms with van der Waals surface area (Å²) in [6, 6.07) is 4.04. The summed E-state index contributed by atoms with van der Waals surface area (Å²) in [6.45, 7) is 0. The van der Waals surface area contributed by atoms with Gasteiger partial charge in [-0.25, -0.2) is 0 Å². The van der Waals surface area contributed by atoms with Crippen molar-refractivity contribution in [2.75, 3.05) is 7.11 Å². The van der Waals surface area contributed by atoms with Gasteiger partial charge in [-0.2, -0.15) is 5.26 Å². The fourth-order valence-corrected chi connectivity index (χ4v) is 3.07. The summed E-state index contributed by atoms with van der Waals surface area (Å²) in [5, 5.41) is 14.0. The molecule has 2 rings (SSSR count). The predicted octanol–water partition coefficient (Wildman–Crippen LogP) is 2.71. The molecule has 1 saturated carbocycles. The van der Waals surface area contributed by atoms with Crippen molar-refractivity contribution in [1.82, 2.24) is 5.32 Å². The summed E-state index contributed by atoms with van der Waals surface area (Å²) in [5.41, 5.74) is -0.690. The Morgan fingerprint density at radius 3 is 2.83 bits per heavy atom. The van der Waals surface area contributed by atoms with Gasteiger partial charge in [-0.1, -0.05) is 19.3 Å². The minimum absolute atomic E-state index is 0.203. The topological polar surface area (TPSA) is 62.1 Å². The average Bonchev–Trinajstić information content (AvgIpc) is 2.88. The van der Waals surface area contributed by atoms with Crippen molar-refractivity contribution >= 4 is 17.2 Å². The van der Waals surface area contributed by atoms with Crippen LogP contribution in [-0.4, -0.2) is 18.6 Å². The first-order valence-corrected chi connectivity index (χ1v) is 6.94. The monoisotopic (exact) mass is 264 g/mol. The molecule has 0 spiro atoms. The maximum absolute atomic E-state index is 12.2. The van der Waals surface area contributed by atoms with Crippen LogP contribution in [0.25, 0.3) is 0 Å². The molecule has 0 atom stereocenters. The first-order chi connectivity index (χ1) is 8.71. The first kappa shape index (κ1) is 12.9. The number of methoxy groups -OCH3 is 1. The van der Waals surface area contributed by atoms with Gasteiger partial charge < -0.3 is 10.1 Å². The molecule has 1 N–H and O–H groups in total. The lowest BCUT2D eigenvalue weighted by atomic mass is 9.83. The number of nitriles is 1. The highest BCUT2D eigenvalue weighted by Crippen LogP contribution is 2.30. The van der Waals surface area contributed by atoms with E-state index in [0.29, 0.717) is 10.6 Å². The summed E-state index contributed by atoms with van der Waals surface area (Å²) in [5.74, 6) is 0.367. The SMILES string of the molecule is COc1ccsc1C(=O)NC1(C#N)CCCCC1. The van der Waals surface area contributed by atoms with Gasteiger partial charge in [0.05, 0.1) is 13.2 Å². The van der Waals surface area contributed by atoms with Crippen LogP contribution in [-0.2, 0) is 0 Å². The summed E-state index contributed by atoms with van der Waals surface area (Å²) in [7, 11) is 1.54. The van der Waals surface area contributed by atoms with Crippen LogP contribution in [0.3, 0.4) is 0 Å². The van der Waals surface area contributed by atoms with Crippen molar-refractivity contribution in [2.24, 2.45) is 0 Å². The van der Waals surface area contributed by atoms with Crippen LogP contribution in [0, 0.1) is 11.3 Å². The third-order valence-corrected chi connectivity index (χ3v) is 4.22. The van der Waals surface area contributed by atoms with Gasteiger partial charge in [-0.05, 0) is 24.3 Å². The van der Waals surface area contributed by atoms with E-state index in [-0.39, 0.29) is 5.91 Å². The molecule has 0 bridgehead atoms. The molecule has 1 heterocycles. The van der Waals surface area contributed by atoms with Crippen molar-refractivity contribution in [2.45, 2.75) is 37.6 Å². The van der Waals surface area contributed by atoms with Crippen LogP contribution in [0.15, 0.2) is 11.4 Å². The summed E-state index contributed by atoms with van der Waals surface area (Å²) in [4.78, 5) is 12.7. The van der Waals surface area contributed by atoms with E-state index in [2.05, 4.69) is 11.4 Å². The Balaban J connectivity index is 2.13. The minimum Gasteiger partial charge on any atom is -0.495 e. The molecule has 0 aromatic carbocycles. The van der Waals surface area contributed by atoms with E-state index in [1.165, 1.54) is 11.3 Å². The zero-order chi connectivity index (χ0) is 13.0. The first-order valence-electron chi connectivity index (χ1n) is 6.06. The minimum atomic E-state index is -0.690. The molecule has 0 saturated heterocycles. The van der Waals surface area contributed by atoms with Gasteiger partial charge in [0.1, 0.15) is 16.2 Å². The molecule has 0 unspecified atom stereocenters. The van der Waals surface area contributed by atoms with Crippen LogP contribution >= 0.6 is 11.3 Å². The second-order valence-electron chi connectivity index (χ2n) is 4.53. The van der Waals surface area contributed by atoms with Crippen LogP contribution in [0.4, 0.5) is 0 Å². The molecule has 18 heavy (non-hydrogen) atoms. The highest BCUT2D eigenvalue weighted by atomic mass is 32.1. The number of nitrogens with zero attached hydrogens (tertiary/aromatic N) is 1. The van der Waals surface area contributed by atoms with Crippen molar-refractivity contribution in [3.05, 3.63) is 16.3 Å². The van der Waals surface area contributed by atoms with Crippen molar-refractivity contribution < 1.29 is 9.53 Å². The highest BCUT2D eigenvalue weighted by molar-refractivity contribution is 7.12. The Bertz CT molecular complexity index is 470. The van der Waals surface area contributed by atoms with Crippen LogP contribution in [0.2, 0.25) is 0 Å². The van der Waals surface area contributed by atoms with Gasteiger partial charge in [0.15, 0.2) is 0 Å². The molecular weight excluding hydrogens is 248 g/mol. The van der Waals surface area contributed by atoms with Gasteiger partial charge in [-0.3, -0.25) is 4.79 Å². The number of hydrogen-bond acceptors (Lipinski definition) is 4. The van der Waals surface area contributed by atoms with Crippen LogP contribution in [0.5, 0.6) is 5.75 Å². The molecule has 0 radical (unpaired) electrons. The summed E-state index contributed by atoms with van der Waals surface area (Å²) < 4.78 is 5.13. The molecule has 1 aromatic rings. The number of rotatable bonds is 3. The molecule has 1 fully saturated rings. The maximum atomic E-state index is 12.2. The lowest BCUT2D eigenvalue weighted by Gasteiger charge is -2.31. The Kier molecular flexibility index (Phi) is 3.87. The van der Waals surface area contributed by atoms with E-state index in [1.807, 2.05) is 5.38 Å². The van der Waals surface area contributed by atoms with Gasteiger partial charge in [0, 0.05) is 0 Å². The van der Waals surface area contributed by atoms with Gasteiger partial charge in [-0.15, -0.1) is 11.3 Å². The smallest absolute Gasteiger partial charge is 0.266 e. The number of amides is 1. The quantitative estimate of drug-likeness (QED) is 0.913. The van der Waals surface area contributed by atoms with Crippen LogP contribution in [0.1, 0.15) is 41.8 Å². The van der Waals surface area contributed by atoms with E-state index in [0.717, 1.165) is 32.1 Å². The zero-order valence-electron chi connectivity index (χ0n) is 10.4. The highest BCUT2D eigenvalue weighted by Gasteiger charge is 2.34. The Labute approximate surface area is 111 Å². The number of ether oxygens (including phenoxy) is 1. The van der Waals surface area contributed by atoms with Gasteiger partial charge >= 0.3 is 0 Å². The standard InChI is InChI=1S/C13H16N2O2S/c1-17-10-5-8-18-11(10)12(16)15-13(9-14)6-3-2-4-7-13/h5,8H,2-4,6-7H2,1H3,(H,15,16). The normalized spacial score (nSPS) is 17.8. The Hall–Kier alpha value is -1.54. The molecule has 0 aliphatic heterocycles. The lowest BCUT2D eigenvalue weighted by molar-refractivity contribution is 0.0904. The Morgan fingerprint density at radius 1 is 1.50 bits per heavy atom. The zero-order valence-corrected chi connectivity index (χ0v) is 11.2. The number of nitrogens with one attached hydrogen (secondary N) is 1. The largest absolute Gasteiger partial charge is 0.495 e. The van der Waals surface area contributed by atoms with E-state index >= 15 is 0 Å². The van der Waals surface area contributed by atoms with E-state index in [9.17, 15) is 10.1 Å². The third kappa shape index (κ3) is 2.49. The second kappa shape index (κ2) is 5.40. The Morgan fingerprint density at radius 2 is 2.22 bits per heavy atom. The van der Waals surface area contributed by atoms with E-state index in [4.69, 9.17) is 4.74 Å². The summed E-state index contributed by atoms with van der Waals surface area (Å²) in [6.07, 6.45) is 4.61. The molecule has 96 valence electrons. The van der Waals surface area contributed by atoms with Gasteiger partial charge in [0.25, 0.3) is 5.91 Å². The number of hydrogen-bond donors (Lipinski definition) is 1. The predicted molar refractivity (Wildman–Crippen MR) is 69.8 cm³/mol. The van der Waals surface area contributed by atoms with E-state index in [1.54, 1.807) is 13.2 Å². The fraction of sp³-hybridized carbons (Fsp3) is 0.538. The van der Waals surface area contributed by atoms with Crippen molar-refractivity contribution in [1.29, 1.82) is 5.26 Å². The van der Waals surface area contributed by atoms with Gasteiger partial charge in [0.2, 0.25) is 0 Å².